The van der Waals surface area contributed by atoms with Crippen molar-refractivity contribution in [2.75, 3.05) is 0 Å². The molecule has 1 rings (SSSR count). The molecular weight excluding hydrogens is 168 g/mol. The molecule has 0 saturated heterocycles. The maximum Gasteiger partial charge on any atom is -0.0109 e. The van der Waals surface area contributed by atoms with E-state index in [-0.39, 0.29) is 0 Å². The van der Waals surface area contributed by atoms with Crippen molar-refractivity contribution < 1.29 is 0 Å². The SMILES string of the molecule is C=CC1(C)CCC(=C(C)CC(C)C)C1. The lowest BCUT2D eigenvalue weighted by Gasteiger charge is -2.17. The second-order valence-electron chi connectivity index (χ2n) is 5.52. The first-order valence-corrected chi connectivity index (χ1v) is 5.78. The van der Waals surface area contributed by atoms with Gasteiger partial charge in [-0.1, -0.05) is 38.0 Å². The van der Waals surface area contributed by atoms with Crippen LogP contribution in [0.3, 0.4) is 0 Å². The standard InChI is InChI=1S/C14H24/c1-6-14(5)8-7-13(10-14)12(4)9-11(2)3/h6,11H,1,7-10H2,2-5H3. The Morgan fingerprint density at radius 1 is 1.57 bits per heavy atom. The van der Waals surface area contributed by atoms with Gasteiger partial charge in [0.15, 0.2) is 0 Å². The molecule has 0 N–H and O–H groups in total. The summed E-state index contributed by atoms with van der Waals surface area (Å²) in [6, 6.07) is 0. The van der Waals surface area contributed by atoms with E-state index in [4.69, 9.17) is 0 Å². The van der Waals surface area contributed by atoms with Crippen LogP contribution in [-0.2, 0) is 0 Å². The second-order valence-corrected chi connectivity index (χ2v) is 5.52. The first kappa shape index (κ1) is 11.6. The minimum absolute atomic E-state index is 0.383. The first-order chi connectivity index (χ1) is 6.47. The van der Waals surface area contributed by atoms with E-state index in [1.165, 1.54) is 25.7 Å². The molecule has 14 heavy (non-hydrogen) atoms. The van der Waals surface area contributed by atoms with Crippen LogP contribution >= 0.6 is 0 Å². The Bertz CT molecular complexity index is 245. The largest absolute Gasteiger partial charge is 0.103 e. The predicted octanol–water partition coefficient (Wildman–Crippen LogP) is 4.73. The lowest BCUT2D eigenvalue weighted by Crippen LogP contribution is -2.05. The molecule has 0 aromatic rings. The molecule has 1 atom stereocenters. The minimum Gasteiger partial charge on any atom is -0.103 e. The van der Waals surface area contributed by atoms with E-state index in [2.05, 4.69) is 40.3 Å². The van der Waals surface area contributed by atoms with E-state index in [0.29, 0.717) is 5.41 Å². The maximum absolute atomic E-state index is 3.95. The van der Waals surface area contributed by atoms with E-state index >= 15 is 0 Å². The summed E-state index contributed by atoms with van der Waals surface area (Å²) in [6.45, 7) is 13.2. The summed E-state index contributed by atoms with van der Waals surface area (Å²) in [7, 11) is 0. The van der Waals surface area contributed by atoms with Gasteiger partial charge in [0.2, 0.25) is 0 Å². The third kappa shape index (κ3) is 2.73. The van der Waals surface area contributed by atoms with Crippen LogP contribution in [0.2, 0.25) is 0 Å². The van der Waals surface area contributed by atoms with Gasteiger partial charge in [-0.25, -0.2) is 0 Å². The topological polar surface area (TPSA) is 0 Å². The highest BCUT2D eigenvalue weighted by Crippen LogP contribution is 2.43. The van der Waals surface area contributed by atoms with Crippen LogP contribution in [0.15, 0.2) is 23.8 Å². The molecule has 0 heterocycles. The number of hydrogen-bond acceptors (Lipinski definition) is 0. The zero-order valence-electron chi connectivity index (χ0n) is 10.2. The fourth-order valence-corrected chi connectivity index (χ4v) is 2.40. The molecule has 1 aliphatic rings. The maximum atomic E-state index is 3.95. The Balaban J connectivity index is 2.68. The molecule has 0 heteroatoms. The van der Waals surface area contributed by atoms with Crippen molar-refractivity contribution >= 4 is 0 Å². The van der Waals surface area contributed by atoms with Gasteiger partial charge in [0, 0.05) is 0 Å². The van der Waals surface area contributed by atoms with Gasteiger partial charge in [-0.15, -0.1) is 6.58 Å². The molecule has 0 bridgehead atoms. The van der Waals surface area contributed by atoms with E-state index in [0.717, 1.165) is 5.92 Å². The van der Waals surface area contributed by atoms with E-state index in [1.54, 1.807) is 11.1 Å². The molecule has 0 amide bonds. The number of rotatable bonds is 3. The number of hydrogen-bond donors (Lipinski definition) is 0. The van der Waals surface area contributed by atoms with E-state index < -0.39 is 0 Å². The summed E-state index contributed by atoms with van der Waals surface area (Å²) in [5.41, 5.74) is 3.71. The molecule has 1 aliphatic carbocycles. The van der Waals surface area contributed by atoms with Crippen molar-refractivity contribution in [1.29, 1.82) is 0 Å². The average Bonchev–Trinajstić information content (AvgIpc) is 2.48. The van der Waals surface area contributed by atoms with E-state index in [1.807, 2.05) is 0 Å². The normalized spacial score (nSPS) is 30.9. The van der Waals surface area contributed by atoms with Crippen LogP contribution in [0.4, 0.5) is 0 Å². The van der Waals surface area contributed by atoms with E-state index in [9.17, 15) is 0 Å². The Hall–Kier alpha value is -0.520. The Kier molecular flexibility index (Phi) is 3.58. The lowest BCUT2D eigenvalue weighted by atomic mass is 9.88. The van der Waals surface area contributed by atoms with Crippen LogP contribution in [0.25, 0.3) is 0 Å². The molecule has 80 valence electrons. The van der Waals surface area contributed by atoms with Gasteiger partial charge in [0.1, 0.15) is 0 Å². The van der Waals surface area contributed by atoms with Crippen LogP contribution in [0.5, 0.6) is 0 Å². The van der Waals surface area contributed by atoms with Crippen LogP contribution in [-0.4, -0.2) is 0 Å². The summed E-state index contributed by atoms with van der Waals surface area (Å²) in [4.78, 5) is 0. The predicted molar refractivity (Wildman–Crippen MR) is 64.3 cm³/mol. The zero-order chi connectivity index (χ0) is 10.8. The van der Waals surface area contributed by atoms with Gasteiger partial charge < -0.3 is 0 Å². The molecule has 1 saturated carbocycles. The third-order valence-corrected chi connectivity index (χ3v) is 3.43. The summed E-state index contributed by atoms with van der Waals surface area (Å²) < 4.78 is 0. The summed E-state index contributed by atoms with van der Waals surface area (Å²) in [5.74, 6) is 0.790. The Labute approximate surface area is 89.1 Å². The lowest BCUT2D eigenvalue weighted by molar-refractivity contribution is 0.454. The van der Waals surface area contributed by atoms with Crippen molar-refractivity contribution in [2.45, 2.75) is 53.4 Å². The van der Waals surface area contributed by atoms with Crippen LogP contribution < -0.4 is 0 Å². The van der Waals surface area contributed by atoms with Gasteiger partial charge >= 0.3 is 0 Å². The third-order valence-electron chi connectivity index (χ3n) is 3.43. The van der Waals surface area contributed by atoms with Crippen LogP contribution in [0.1, 0.15) is 53.4 Å². The van der Waals surface area contributed by atoms with Crippen molar-refractivity contribution in [3.63, 3.8) is 0 Å². The molecule has 0 aliphatic heterocycles. The molecular formula is C14H24. The van der Waals surface area contributed by atoms with Gasteiger partial charge in [0.05, 0.1) is 0 Å². The highest BCUT2D eigenvalue weighted by molar-refractivity contribution is 5.21. The Morgan fingerprint density at radius 3 is 2.64 bits per heavy atom. The summed E-state index contributed by atoms with van der Waals surface area (Å²) >= 11 is 0. The van der Waals surface area contributed by atoms with Gasteiger partial charge in [0.25, 0.3) is 0 Å². The monoisotopic (exact) mass is 192 g/mol. The summed E-state index contributed by atoms with van der Waals surface area (Å²) in [6.07, 6.45) is 7.24. The average molecular weight is 192 g/mol. The van der Waals surface area contributed by atoms with Gasteiger partial charge in [-0.2, -0.15) is 0 Å². The quantitative estimate of drug-likeness (QED) is 0.567. The molecule has 0 nitrogen and oxygen atoms in total. The second kappa shape index (κ2) is 4.33. The highest BCUT2D eigenvalue weighted by Gasteiger charge is 2.29. The minimum atomic E-state index is 0.383. The van der Waals surface area contributed by atoms with Gasteiger partial charge in [-0.05, 0) is 43.9 Å². The fourth-order valence-electron chi connectivity index (χ4n) is 2.40. The van der Waals surface area contributed by atoms with Crippen molar-refractivity contribution in [2.24, 2.45) is 11.3 Å². The van der Waals surface area contributed by atoms with Gasteiger partial charge in [-0.3, -0.25) is 0 Å². The Morgan fingerprint density at radius 2 is 2.21 bits per heavy atom. The van der Waals surface area contributed by atoms with Crippen molar-refractivity contribution in [3.05, 3.63) is 23.8 Å². The molecule has 1 unspecified atom stereocenters. The molecule has 0 radical (unpaired) electrons. The van der Waals surface area contributed by atoms with Crippen molar-refractivity contribution in [1.82, 2.24) is 0 Å². The zero-order valence-corrected chi connectivity index (χ0v) is 10.2. The molecule has 0 spiro atoms. The fraction of sp³-hybridized carbons (Fsp3) is 0.714. The molecule has 1 fully saturated rings. The number of allylic oxidation sites excluding steroid dienone is 3. The molecule has 0 aromatic heterocycles. The van der Waals surface area contributed by atoms with Crippen molar-refractivity contribution in [3.8, 4) is 0 Å². The van der Waals surface area contributed by atoms with Crippen LogP contribution in [0, 0.1) is 11.3 Å². The highest BCUT2D eigenvalue weighted by atomic mass is 14.3. The molecule has 0 aromatic carbocycles. The smallest absolute Gasteiger partial charge is 0.0109 e. The first-order valence-electron chi connectivity index (χ1n) is 5.78. The summed E-state index contributed by atoms with van der Waals surface area (Å²) in [5, 5.41) is 0.